The summed E-state index contributed by atoms with van der Waals surface area (Å²) in [5.41, 5.74) is -0.271. The number of ketones is 1. The van der Waals surface area contributed by atoms with Gasteiger partial charge < -0.3 is 10.1 Å². The van der Waals surface area contributed by atoms with Gasteiger partial charge in [0.05, 0.1) is 19.2 Å². The number of benzene rings is 2. The molecule has 0 aromatic heterocycles. The van der Waals surface area contributed by atoms with E-state index in [0.29, 0.717) is 12.8 Å². The largest absolute Gasteiger partial charge is 0.497 e. The molecule has 6 nitrogen and oxygen atoms in total. The number of rotatable bonds is 7. The zero-order chi connectivity index (χ0) is 20.3. The molecule has 0 saturated carbocycles. The zero-order valence-corrected chi connectivity index (χ0v) is 15.7. The van der Waals surface area contributed by atoms with Crippen molar-refractivity contribution in [3.8, 4) is 5.75 Å². The minimum Gasteiger partial charge on any atom is -0.497 e. The molecule has 1 fully saturated rings. The average Bonchev–Trinajstić information content (AvgIpc) is 2.90. The van der Waals surface area contributed by atoms with E-state index in [1.165, 1.54) is 18.2 Å². The van der Waals surface area contributed by atoms with Gasteiger partial charge in [0.25, 0.3) is 5.91 Å². The van der Waals surface area contributed by atoms with Crippen LogP contribution in [-0.4, -0.2) is 41.8 Å². The first kappa shape index (κ1) is 19.5. The Morgan fingerprint density at radius 1 is 1.14 bits per heavy atom. The predicted octanol–water partition coefficient (Wildman–Crippen LogP) is 2.96. The lowest BCUT2D eigenvalue weighted by Gasteiger charge is -2.21. The summed E-state index contributed by atoms with van der Waals surface area (Å²) in [6, 6.07) is 12.3. The zero-order valence-electron chi connectivity index (χ0n) is 15.7. The second kappa shape index (κ2) is 7.80. The fourth-order valence-corrected chi connectivity index (χ4v) is 3.16. The molecule has 7 heteroatoms. The molecule has 1 atom stereocenters. The van der Waals surface area contributed by atoms with Crippen molar-refractivity contribution < 1.29 is 23.5 Å². The summed E-state index contributed by atoms with van der Waals surface area (Å²) in [6.45, 7) is 1.13. The van der Waals surface area contributed by atoms with Crippen molar-refractivity contribution in [3.63, 3.8) is 0 Å². The van der Waals surface area contributed by atoms with Crippen LogP contribution in [0.25, 0.3) is 0 Å². The monoisotopic (exact) mass is 384 g/mol. The van der Waals surface area contributed by atoms with Crippen molar-refractivity contribution in [2.45, 2.75) is 25.3 Å². The van der Waals surface area contributed by atoms with Crippen LogP contribution in [0.4, 0.5) is 9.18 Å². The molecule has 0 bridgehead atoms. The van der Waals surface area contributed by atoms with Crippen LogP contribution in [0, 0.1) is 5.82 Å². The van der Waals surface area contributed by atoms with E-state index in [0.717, 1.165) is 22.3 Å². The van der Waals surface area contributed by atoms with Crippen LogP contribution < -0.4 is 10.1 Å². The molecule has 2 aromatic carbocycles. The maximum absolute atomic E-state index is 13.8. The lowest BCUT2D eigenvalue weighted by molar-refractivity contribution is -0.130. The second-order valence-corrected chi connectivity index (χ2v) is 6.90. The van der Waals surface area contributed by atoms with E-state index in [1.54, 1.807) is 14.0 Å². The fraction of sp³-hybridized carbons (Fsp3) is 0.286. The van der Waals surface area contributed by atoms with E-state index in [-0.39, 0.29) is 5.56 Å². The standard InChI is InChI=1S/C21H21FN2O4/c1-21(12-11-14-7-9-15(28-2)10-8-14)19(26)24(20(27)23-21)13-18(25)16-5-3-4-6-17(16)22/h3-10H,11-13H2,1-2H3,(H,23,27)/t21-/m1/s1. The molecule has 0 radical (unpaired) electrons. The topological polar surface area (TPSA) is 75.7 Å². The van der Waals surface area contributed by atoms with Gasteiger partial charge >= 0.3 is 6.03 Å². The predicted molar refractivity (Wildman–Crippen MR) is 101 cm³/mol. The molecule has 0 aliphatic carbocycles. The molecule has 0 spiro atoms. The first-order valence-corrected chi connectivity index (χ1v) is 8.89. The fourth-order valence-electron chi connectivity index (χ4n) is 3.16. The highest BCUT2D eigenvalue weighted by atomic mass is 19.1. The molecule has 1 N–H and O–H groups in total. The number of hydrogen-bond acceptors (Lipinski definition) is 4. The third kappa shape index (κ3) is 3.88. The molecular formula is C21H21FN2O4. The maximum Gasteiger partial charge on any atom is 0.325 e. The summed E-state index contributed by atoms with van der Waals surface area (Å²) < 4.78 is 18.9. The van der Waals surface area contributed by atoms with Crippen molar-refractivity contribution in [2.75, 3.05) is 13.7 Å². The van der Waals surface area contributed by atoms with Crippen LogP contribution in [-0.2, 0) is 11.2 Å². The molecule has 0 unspecified atom stereocenters. The van der Waals surface area contributed by atoms with Gasteiger partial charge in [0.15, 0.2) is 5.78 Å². The lowest BCUT2D eigenvalue weighted by atomic mass is 9.93. The normalized spacial score (nSPS) is 18.9. The summed E-state index contributed by atoms with van der Waals surface area (Å²) in [6.07, 6.45) is 0.926. The van der Waals surface area contributed by atoms with Crippen LogP contribution in [0.3, 0.4) is 0 Å². The number of ether oxygens (including phenoxy) is 1. The molecule has 3 amide bonds. The van der Waals surface area contributed by atoms with Crippen molar-refractivity contribution in [3.05, 3.63) is 65.5 Å². The lowest BCUT2D eigenvalue weighted by Crippen LogP contribution is -2.44. The van der Waals surface area contributed by atoms with E-state index in [1.807, 2.05) is 24.3 Å². The molecular weight excluding hydrogens is 363 g/mol. The van der Waals surface area contributed by atoms with Gasteiger partial charge in [-0.25, -0.2) is 9.18 Å². The molecule has 28 heavy (non-hydrogen) atoms. The van der Waals surface area contributed by atoms with Gasteiger partial charge in [-0.05, 0) is 49.6 Å². The van der Waals surface area contributed by atoms with Crippen LogP contribution in [0.1, 0.15) is 29.3 Å². The minimum absolute atomic E-state index is 0.144. The van der Waals surface area contributed by atoms with Crippen LogP contribution in [0.2, 0.25) is 0 Å². The Balaban J connectivity index is 1.67. The van der Waals surface area contributed by atoms with Crippen LogP contribution in [0.5, 0.6) is 5.75 Å². The number of carbonyl (C=O) groups is 3. The highest BCUT2D eigenvalue weighted by molar-refractivity contribution is 6.11. The number of nitrogens with zero attached hydrogens (tertiary/aromatic N) is 1. The quantitative estimate of drug-likeness (QED) is 0.588. The Hall–Kier alpha value is -3.22. The van der Waals surface area contributed by atoms with Crippen molar-refractivity contribution >= 4 is 17.7 Å². The smallest absolute Gasteiger partial charge is 0.325 e. The molecule has 1 aliphatic rings. The number of hydrogen-bond donors (Lipinski definition) is 1. The highest BCUT2D eigenvalue weighted by Crippen LogP contribution is 2.24. The van der Waals surface area contributed by atoms with Crippen molar-refractivity contribution in [1.82, 2.24) is 10.2 Å². The van der Waals surface area contributed by atoms with Crippen LogP contribution in [0.15, 0.2) is 48.5 Å². The Bertz CT molecular complexity index is 913. The van der Waals surface area contributed by atoms with Gasteiger partial charge in [-0.1, -0.05) is 24.3 Å². The number of methoxy groups -OCH3 is 1. The number of nitrogens with one attached hydrogen (secondary N) is 1. The molecule has 2 aromatic rings. The van der Waals surface area contributed by atoms with E-state index in [9.17, 15) is 18.8 Å². The van der Waals surface area contributed by atoms with Crippen LogP contribution >= 0.6 is 0 Å². The Morgan fingerprint density at radius 3 is 2.46 bits per heavy atom. The van der Waals surface area contributed by atoms with Gasteiger partial charge in [-0.15, -0.1) is 0 Å². The first-order valence-electron chi connectivity index (χ1n) is 8.89. The maximum atomic E-state index is 13.8. The van der Waals surface area contributed by atoms with Gasteiger partial charge in [0, 0.05) is 0 Å². The summed E-state index contributed by atoms with van der Waals surface area (Å²) in [5.74, 6) is -1.06. The van der Waals surface area contributed by atoms with E-state index in [4.69, 9.17) is 4.74 Å². The minimum atomic E-state index is -1.12. The molecule has 1 aliphatic heterocycles. The summed E-state index contributed by atoms with van der Waals surface area (Å²) >= 11 is 0. The number of aryl methyl sites for hydroxylation is 1. The number of imide groups is 1. The summed E-state index contributed by atoms with van der Waals surface area (Å²) in [4.78, 5) is 38.3. The number of carbonyl (C=O) groups excluding carboxylic acids is 3. The molecule has 1 heterocycles. The third-order valence-electron chi connectivity index (χ3n) is 4.89. The van der Waals surface area contributed by atoms with Crippen molar-refractivity contribution in [2.24, 2.45) is 0 Å². The number of urea groups is 1. The SMILES string of the molecule is COc1ccc(CC[C@@]2(C)NC(=O)N(CC(=O)c3ccccc3F)C2=O)cc1. The Kier molecular flexibility index (Phi) is 5.44. The van der Waals surface area contributed by atoms with E-state index < -0.39 is 35.6 Å². The Labute approximate surface area is 162 Å². The highest BCUT2D eigenvalue weighted by Gasteiger charge is 2.47. The first-order chi connectivity index (χ1) is 13.3. The van der Waals surface area contributed by atoms with Gasteiger partial charge in [0.1, 0.15) is 17.1 Å². The molecule has 3 rings (SSSR count). The van der Waals surface area contributed by atoms with Gasteiger partial charge in [-0.2, -0.15) is 0 Å². The number of amides is 3. The molecule has 146 valence electrons. The third-order valence-corrected chi connectivity index (χ3v) is 4.89. The summed E-state index contributed by atoms with van der Waals surface area (Å²) in [5, 5.41) is 2.66. The van der Waals surface area contributed by atoms with E-state index >= 15 is 0 Å². The average molecular weight is 384 g/mol. The summed E-state index contributed by atoms with van der Waals surface area (Å²) in [7, 11) is 1.58. The molecule has 1 saturated heterocycles. The van der Waals surface area contributed by atoms with Gasteiger partial charge in [-0.3, -0.25) is 14.5 Å². The number of Topliss-reactive ketones (excluding diaryl/α,β-unsaturated/α-hetero) is 1. The number of halogens is 1. The van der Waals surface area contributed by atoms with Gasteiger partial charge in [0.2, 0.25) is 0 Å². The Morgan fingerprint density at radius 2 is 1.82 bits per heavy atom. The van der Waals surface area contributed by atoms with E-state index in [2.05, 4.69) is 5.32 Å². The second-order valence-electron chi connectivity index (χ2n) is 6.90. The van der Waals surface area contributed by atoms with Crippen molar-refractivity contribution in [1.29, 1.82) is 0 Å².